The number of fused-ring (bicyclic) bond motifs is 1. The summed E-state index contributed by atoms with van der Waals surface area (Å²) in [6, 6.07) is 9.16. The maximum Gasteiger partial charge on any atom is 0.239 e. The van der Waals surface area contributed by atoms with Crippen LogP contribution < -0.4 is 10.1 Å². The number of rotatable bonds is 5. The van der Waals surface area contributed by atoms with Gasteiger partial charge in [-0.15, -0.1) is 5.10 Å². The molecule has 0 aliphatic carbocycles. The molecule has 2 aromatic heterocycles. The van der Waals surface area contributed by atoms with Crippen LogP contribution in [-0.2, 0) is 0 Å². The van der Waals surface area contributed by atoms with Crippen LogP contribution in [0, 0.1) is 5.92 Å². The molecule has 130 valence electrons. The van der Waals surface area contributed by atoms with Crippen molar-refractivity contribution >= 4 is 34.7 Å². The number of thioether (sulfide) groups is 1. The molecular formula is C18H19ClN4OS. The molecule has 1 N–H and O–H groups in total. The smallest absolute Gasteiger partial charge is 0.239 e. The third kappa shape index (κ3) is 4.02. The summed E-state index contributed by atoms with van der Waals surface area (Å²) in [5.41, 5.74) is 1.76. The molecule has 0 radical (unpaired) electrons. The quantitative estimate of drug-likeness (QED) is 0.699. The lowest BCUT2D eigenvalue weighted by atomic mass is 10.0. The number of ether oxygens (including phenoxy) is 1. The van der Waals surface area contributed by atoms with E-state index < -0.39 is 0 Å². The Morgan fingerprint density at radius 1 is 1.24 bits per heavy atom. The van der Waals surface area contributed by atoms with Crippen LogP contribution in [0.15, 0.2) is 42.7 Å². The van der Waals surface area contributed by atoms with Gasteiger partial charge in [-0.3, -0.25) is 0 Å². The topological polar surface area (TPSA) is 51.5 Å². The second-order valence-electron chi connectivity index (χ2n) is 6.08. The van der Waals surface area contributed by atoms with Gasteiger partial charge in [0.05, 0.1) is 5.69 Å². The van der Waals surface area contributed by atoms with Gasteiger partial charge in [-0.1, -0.05) is 11.6 Å². The van der Waals surface area contributed by atoms with Crippen molar-refractivity contribution in [2.45, 2.75) is 12.8 Å². The minimum absolute atomic E-state index is 0.523. The molecule has 25 heavy (non-hydrogen) atoms. The summed E-state index contributed by atoms with van der Waals surface area (Å²) in [5.74, 6) is 4.45. The average Bonchev–Trinajstić information content (AvgIpc) is 3.11. The number of nitrogens with one attached hydrogen (secondary N) is 1. The first-order valence-electron chi connectivity index (χ1n) is 8.37. The maximum absolute atomic E-state index is 5.92. The average molecular weight is 375 g/mol. The molecule has 1 saturated heterocycles. The summed E-state index contributed by atoms with van der Waals surface area (Å²) in [6.45, 7) is 0.952. The zero-order chi connectivity index (χ0) is 17.1. The molecule has 0 saturated carbocycles. The molecular weight excluding hydrogens is 356 g/mol. The minimum atomic E-state index is 0.523. The van der Waals surface area contributed by atoms with Gasteiger partial charge in [-0.2, -0.15) is 11.8 Å². The lowest BCUT2D eigenvalue weighted by Gasteiger charge is -2.22. The molecule has 0 amide bonds. The maximum atomic E-state index is 5.92. The van der Waals surface area contributed by atoms with Gasteiger partial charge < -0.3 is 10.1 Å². The zero-order valence-electron chi connectivity index (χ0n) is 13.7. The summed E-state index contributed by atoms with van der Waals surface area (Å²) >= 11 is 7.97. The Labute approximate surface area is 155 Å². The highest BCUT2D eigenvalue weighted by atomic mass is 35.5. The van der Waals surface area contributed by atoms with E-state index >= 15 is 0 Å². The predicted octanol–water partition coefficient (Wildman–Crippen LogP) is 4.73. The Hall–Kier alpha value is -1.92. The van der Waals surface area contributed by atoms with Gasteiger partial charge >= 0.3 is 0 Å². The number of benzene rings is 1. The van der Waals surface area contributed by atoms with E-state index in [-0.39, 0.29) is 0 Å². The highest BCUT2D eigenvalue weighted by Gasteiger charge is 2.15. The summed E-state index contributed by atoms with van der Waals surface area (Å²) in [5, 5.41) is 8.69. The van der Waals surface area contributed by atoms with Crippen LogP contribution in [0.2, 0.25) is 5.02 Å². The van der Waals surface area contributed by atoms with E-state index in [1.54, 1.807) is 22.8 Å². The van der Waals surface area contributed by atoms with E-state index in [0.29, 0.717) is 22.6 Å². The van der Waals surface area contributed by atoms with Crippen LogP contribution in [0.3, 0.4) is 0 Å². The van der Waals surface area contributed by atoms with E-state index in [2.05, 4.69) is 15.4 Å². The molecule has 1 aliphatic rings. The molecule has 3 aromatic rings. The van der Waals surface area contributed by atoms with Crippen LogP contribution >= 0.6 is 23.4 Å². The Morgan fingerprint density at radius 2 is 2.04 bits per heavy atom. The highest BCUT2D eigenvalue weighted by molar-refractivity contribution is 7.99. The van der Waals surface area contributed by atoms with Crippen molar-refractivity contribution in [3.63, 3.8) is 0 Å². The Bertz CT molecular complexity index is 846. The monoisotopic (exact) mass is 374 g/mol. The van der Waals surface area contributed by atoms with Crippen LogP contribution in [0.5, 0.6) is 11.6 Å². The molecule has 0 atom stereocenters. The van der Waals surface area contributed by atoms with E-state index in [4.69, 9.17) is 16.3 Å². The number of hydrogen-bond acceptors (Lipinski definition) is 5. The van der Waals surface area contributed by atoms with Gasteiger partial charge in [0.15, 0.2) is 5.65 Å². The molecule has 0 bridgehead atoms. The third-order valence-corrected chi connectivity index (χ3v) is 5.60. The first-order valence-corrected chi connectivity index (χ1v) is 9.90. The molecule has 1 aliphatic heterocycles. The lowest BCUT2D eigenvalue weighted by molar-refractivity contribution is 0.452. The summed E-state index contributed by atoms with van der Waals surface area (Å²) in [6.07, 6.45) is 6.10. The second-order valence-corrected chi connectivity index (χ2v) is 7.75. The minimum Gasteiger partial charge on any atom is -0.438 e. The standard InChI is InChI=1S/C18H19ClN4OS/c19-14-1-3-15(4-2-14)24-17-11-16(18-20-7-8-23(18)22-17)21-12-13-5-9-25-10-6-13/h1-4,7-8,11,13,21H,5-6,9-10,12H2. The van der Waals surface area contributed by atoms with Gasteiger partial charge in [0.2, 0.25) is 5.88 Å². The van der Waals surface area contributed by atoms with E-state index in [0.717, 1.165) is 17.9 Å². The molecule has 0 unspecified atom stereocenters. The fourth-order valence-corrected chi connectivity index (χ4v) is 4.23. The molecule has 0 spiro atoms. The van der Waals surface area contributed by atoms with Crippen molar-refractivity contribution in [3.05, 3.63) is 47.7 Å². The summed E-state index contributed by atoms with van der Waals surface area (Å²) in [4.78, 5) is 4.40. The van der Waals surface area contributed by atoms with Gasteiger partial charge in [-0.25, -0.2) is 9.50 Å². The first kappa shape index (κ1) is 16.5. The zero-order valence-corrected chi connectivity index (χ0v) is 15.3. The third-order valence-electron chi connectivity index (χ3n) is 4.29. The van der Waals surface area contributed by atoms with E-state index in [9.17, 15) is 0 Å². The predicted molar refractivity (Wildman–Crippen MR) is 103 cm³/mol. The number of hydrogen-bond donors (Lipinski definition) is 1. The molecule has 4 rings (SSSR count). The largest absolute Gasteiger partial charge is 0.438 e. The SMILES string of the molecule is Clc1ccc(Oc2cc(NCC3CCSCC3)c3nccn3n2)cc1. The summed E-state index contributed by atoms with van der Waals surface area (Å²) < 4.78 is 7.62. The van der Waals surface area contributed by atoms with Crippen molar-refractivity contribution in [2.24, 2.45) is 5.92 Å². The van der Waals surface area contributed by atoms with Crippen molar-refractivity contribution in [1.29, 1.82) is 0 Å². The van der Waals surface area contributed by atoms with E-state index in [1.807, 2.05) is 36.2 Å². The number of halogens is 1. The van der Waals surface area contributed by atoms with Crippen molar-refractivity contribution in [1.82, 2.24) is 14.6 Å². The van der Waals surface area contributed by atoms with E-state index in [1.165, 1.54) is 24.3 Å². The number of anilines is 1. The molecule has 5 nitrogen and oxygen atoms in total. The molecule has 7 heteroatoms. The van der Waals surface area contributed by atoms with Crippen LogP contribution in [0.4, 0.5) is 5.69 Å². The van der Waals surface area contributed by atoms with Gasteiger partial charge in [0.25, 0.3) is 0 Å². The fourth-order valence-electron chi connectivity index (χ4n) is 2.90. The molecule has 3 heterocycles. The van der Waals surface area contributed by atoms with Crippen molar-refractivity contribution in [2.75, 3.05) is 23.4 Å². The normalized spacial score (nSPS) is 15.4. The van der Waals surface area contributed by atoms with Crippen LogP contribution in [0.25, 0.3) is 5.65 Å². The van der Waals surface area contributed by atoms with Gasteiger partial charge in [0, 0.05) is 30.0 Å². The fraction of sp³-hybridized carbons (Fsp3) is 0.333. The second kappa shape index (κ2) is 7.54. The Morgan fingerprint density at radius 3 is 2.84 bits per heavy atom. The first-order chi connectivity index (χ1) is 12.3. The van der Waals surface area contributed by atoms with Gasteiger partial charge in [0.1, 0.15) is 5.75 Å². The van der Waals surface area contributed by atoms with Crippen molar-refractivity contribution < 1.29 is 4.74 Å². The number of aromatic nitrogens is 3. The molecule has 1 aromatic carbocycles. The lowest BCUT2D eigenvalue weighted by Crippen LogP contribution is -2.19. The Kier molecular flexibility index (Phi) is 4.99. The van der Waals surface area contributed by atoms with Crippen LogP contribution in [0.1, 0.15) is 12.8 Å². The number of nitrogens with zero attached hydrogens (tertiary/aromatic N) is 3. The Balaban J connectivity index is 1.54. The number of imidazole rings is 1. The highest BCUT2D eigenvalue weighted by Crippen LogP contribution is 2.27. The van der Waals surface area contributed by atoms with Gasteiger partial charge in [-0.05, 0) is 54.5 Å². The van der Waals surface area contributed by atoms with Crippen molar-refractivity contribution in [3.8, 4) is 11.6 Å². The van der Waals surface area contributed by atoms with Crippen LogP contribution in [-0.4, -0.2) is 32.6 Å². The summed E-state index contributed by atoms with van der Waals surface area (Å²) in [7, 11) is 0. The molecule has 1 fully saturated rings.